The lowest BCUT2D eigenvalue weighted by molar-refractivity contribution is -0.169. The number of aliphatic hydroxyl groups excluding tert-OH is 3. The van der Waals surface area contributed by atoms with Gasteiger partial charge in [0.15, 0.2) is 19.5 Å². The highest BCUT2D eigenvalue weighted by Gasteiger charge is 2.68. The van der Waals surface area contributed by atoms with Crippen LogP contribution >= 0.6 is 47.0 Å². The van der Waals surface area contributed by atoms with Crippen molar-refractivity contribution >= 4 is 70.7 Å². The van der Waals surface area contributed by atoms with E-state index >= 15 is 0 Å². The van der Waals surface area contributed by atoms with Crippen LogP contribution in [-0.4, -0.2) is 133 Å². The molecule has 4 bridgehead atoms. The molecule has 3 N–H and O–H groups in total. The zero-order chi connectivity index (χ0) is 50.4. The van der Waals surface area contributed by atoms with Gasteiger partial charge >= 0.3 is 0 Å². The van der Waals surface area contributed by atoms with Crippen molar-refractivity contribution in [2.45, 2.75) is 61.7 Å². The third-order valence-corrected chi connectivity index (χ3v) is 20.2. The zero-order valence-electron chi connectivity index (χ0n) is 39.9. The number of piperazine rings is 2. The summed E-state index contributed by atoms with van der Waals surface area (Å²) in [4.78, 5) is 56.3. The smallest absolute Gasteiger partial charge is 0.262 e. The number of benzene rings is 5. The number of fused-ring (bicyclic) bond motifs is 8. The molecular weight excluding hydrogens is 981 g/mol. The topological polar surface area (TPSA) is 170 Å². The molecule has 374 valence electrons. The van der Waals surface area contributed by atoms with E-state index in [1.807, 2.05) is 140 Å². The number of ether oxygens (including phenoxy) is 3. The van der Waals surface area contributed by atoms with Crippen LogP contribution in [0.15, 0.2) is 140 Å². The molecule has 71 heavy (non-hydrogen) atoms. The lowest BCUT2D eigenvalue weighted by Gasteiger charge is -2.50. The van der Waals surface area contributed by atoms with E-state index in [9.17, 15) is 34.5 Å². The van der Waals surface area contributed by atoms with E-state index in [1.165, 1.54) is 56.8 Å². The van der Waals surface area contributed by atoms with E-state index in [1.54, 1.807) is 38.0 Å². The molecule has 6 fully saturated rings. The van der Waals surface area contributed by atoms with Crippen molar-refractivity contribution in [1.29, 1.82) is 0 Å². The Morgan fingerprint density at radius 1 is 0.394 bits per heavy atom. The number of thioether (sulfide) groups is 4. The SMILES string of the molecule is CN1C(=O)[C@]2(COCc3ccccc3)SC(c3ccc(CO)cc3)S[C@@]1(CO)C(=O)N2C.CN1C(=O)[C@]2(COCc3ccccc3)SC(c3ccc(CO)cc3)S[C@@]1(COCc1ccccc1)C(=O)N2C. The summed E-state index contributed by atoms with van der Waals surface area (Å²) in [6.07, 6.45) is 0. The molecule has 5 aromatic rings. The fraction of sp³-hybridized carbons (Fsp3) is 0.358. The Kier molecular flexibility index (Phi) is 16.6. The largest absolute Gasteiger partial charge is 0.392 e. The molecule has 0 saturated carbocycles. The van der Waals surface area contributed by atoms with E-state index in [2.05, 4.69) is 0 Å². The molecular formula is C53H58N4O10S4. The molecule has 6 aliphatic rings. The van der Waals surface area contributed by atoms with Gasteiger partial charge in [-0.2, -0.15) is 0 Å². The first-order valence-corrected chi connectivity index (χ1v) is 26.5. The van der Waals surface area contributed by atoms with Crippen molar-refractivity contribution < 1.29 is 48.7 Å². The Morgan fingerprint density at radius 3 is 0.944 bits per heavy atom. The van der Waals surface area contributed by atoms with Gasteiger partial charge in [-0.05, 0) is 38.9 Å². The van der Waals surface area contributed by atoms with Crippen molar-refractivity contribution in [2.75, 3.05) is 54.6 Å². The van der Waals surface area contributed by atoms with Gasteiger partial charge in [0.25, 0.3) is 23.6 Å². The van der Waals surface area contributed by atoms with Gasteiger partial charge in [-0.25, -0.2) is 0 Å². The minimum absolute atomic E-state index is 0.0191. The molecule has 14 nitrogen and oxygen atoms in total. The summed E-state index contributed by atoms with van der Waals surface area (Å²) in [5.74, 6) is -0.966. The summed E-state index contributed by atoms with van der Waals surface area (Å²) in [5.41, 5.74) is 6.39. The van der Waals surface area contributed by atoms with E-state index in [0.29, 0.717) is 19.8 Å². The minimum Gasteiger partial charge on any atom is -0.392 e. The summed E-state index contributed by atoms with van der Waals surface area (Å²) in [6, 6.07) is 44.3. The van der Waals surface area contributed by atoms with Crippen molar-refractivity contribution in [3.8, 4) is 0 Å². The minimum atomic E-state index is -1.40. The van der Waals surface area contributed by atoms with Crippen LogP contribution in [0.4, 0.5) is 0 Å². The first-order chi connectivity index (χ1) is 34.3. The van der Waals surface area contributed by atoms with Crippen LogP contribution in [0.25, 0.3) is 0 Å². The Labute approximate surface area is 431 Å². The third kappa shape index (κ3) is 10.3. The molecule has 4 amide bonds. The summed E-state index contributed by atoms with van der Waals surface area (Å²) in [5, 5.41) is 29.2. The number of carbonyl (C=O) groups excluding carboxylic acids is 4. The lowest BCUT2D eigenvalue weighted by Crippen LogP contribution is -2.73. The number of aliphatic hydroxyl groups is 3. The standard InChI is InChI=1S/C30H32N2O5S2.C23H26N2O5S2/c1-31-27(34)30(21-37-19-24-11-7-4-8-12-24)32(2)28(35)29(31,20-36-18-23-9-5-3-6-10-23)38-26(39-30)25-15-13-22(17-33)14-16-25;1-24-21(29)23(15-30-13-17-6-4-3-5-7-17)25(2)20(28)22(24,14-27)31-19(32-23)18-10-8-16(12-26)9-11-18/h3-16,26,33H,17-21H2,1-2H3;3-11,19,26-27H,12-15H2,1-2H3/t29-,30-;19?,22-,23-/m00/s1. The molecule has 0 aliphatic carbocycles. The molecule has 0 radical (unpaired) electrons. The number of hydrogen-bond acceptors (Lipinski definition) is 14. The molecule has 18 heteroatoms. The monoisotopic (exact) mass is 1040 g/mol. The van der Waals surface area contributed by atoms with E-state index in [-0.39, 0.29) is 65.8 Å². The lowest BCUT2D eigenvalue weighted by atomic mass is 10.1. The Hall–Kier alpha value is -4.86. The van der Waals surface area contributed by atoms with Gasteiger partial charge in [0.1, 0.15) is 0 Å². The van der Waals surface area contributed by atoms with Crippen molar-refractivity contribution in [2.24, 2.45) is 0 Å². The number of likely N-dealkylation sites (N-methyl/N-ethyl adjacent to an activating group) is 4. The molecule has 6 saturated heterocycles. The van der Waals surface area contributed by atoms with Crippen molar-refractivity contribution in [1.82, 2.24) is 19.6 Å². The van der Waals surface area contributed by atoms with Gasteiger partial charge in [-0.15, -0.1) is 47.0 Å². The first kappa shape index (κ1) is 52.5. The first-order valence-electron chi connectivity index (χ1n) is 23.0. The average molecular weight is 1040 g/mol. The number of carbonyl (C=O) groups is 4. The Bertz CT molecular complexity index is 2570. The second-order valence-corrected chi connectivity index (χ2v) is 23.7. The number of nitrogens with zero attached hydrogens (tertiary/aromatic N) is 4. The predicted octanol–water partition coefficient (Wildman–Crippen LogP) is 6.60. The van der Waals surface area contributed by atoms with Crippen LogP contribution in [0.5, 0.6) is 0 Å². The highest BCUT2D eigenvalue weighted by atomic mass is 32.2. The summed E-state index contributed by atoms with van der Waals surface area (Å²) >= 11 is 5.49. The Morgan fingerprint density at radius 2 is 0.662 bits per heavy atom. The molecule has 5 atom stereocenters. The van der Waals surface area contributed by atoms with Crippen LogP contribution in [0, 0.1) is 0 Å². The molecule has 6 heterocycles. The molecule has 11 rings (SSSR count). The van der Waals surface area contributed by atoms with Gasteiger partial charge in [0, 0.05) is 28.2 Å². The van der Waals surface area contributed by atoms with Crippen LogP contribution in [0.1, 0.15) is 48.1 Å². The van der Waals surface area contributed by atoms with Gasteiger partial charge in [-0.3, -0.25) is 19.2 Å². The zero-order valence-corrected chi connectivity index (χ0v) is 43.2. The van der Waals surface area contributed by atoms with Crippen LogP contribution in [-0.2, 0) is 66.4 Å². The maximum Gasteiger partial charge on any atom is 0.262 e. The average Bonchev–Trinajstić information content (AvgIpc) is 3.67. The maximum absolute atomic E-state index is 14.2. The van der Waals surface area contributed by atoms with Crippen LogP contribution in [0.2, 0.25) is 0 Å². The fourth-order valence-electron chi connectivity index (χ4n) is 8.82. The van der Waals surface area contributed by atoms with Gasteiger partial charge in [0.05, 0.1) is 68.6 Å². The van der Waals surface area contributed by atoms with Crippen molar-refractivity contribution in [3.63, 3.8) is 0 Å². The summed E-state index contributed by atoms with van der Waals surface area (Å²) in [6.45, 7) is 0.480. The van der Waals surface area contributed by atoms with Crippen LogP contribution < -0.4 is 0 Å². The second kappa shape index (κ2) is 22.5. The van der Waals surface area contributed by atoms with Gasteiger partial charge in [-0.1, -0.05) is 140 Å². The number of amides is 4. The summed E-state index contributed by atoms with van der Waals surface area (Å²) in [7, 11) is 6.56. The fourth-order valence-corrected chi connectivity index (χ4v) is 16.1. The number of hydrogen-bond donors (Lipinski definition) is 3. The molecule has 1 unspecified atom stereocenters. The predicted molar refractivity (Wildman–Crippen MR) is 278 cm³/mol. The third-order valence-electron chi connectivity index (χ3n) is 13.2. The van der Waals surface area contributed by atoms with E-state index in [4.69, 9.17) is 14.2 Å². The quantitative estimate of drug-likeness (QED) is 0.0911. The maximum atomic E-state index is 14.2. The van der Waals surface area contributed by atoms with Crippen molar-refractivity contribution in [3.05, 3.63) is 178 Å². The molecule has 5 aromatic carbocycles. The van der Waals surface area contributed by atoms with Crippen LogP contribution in [0.3, 0.4) is 0 Å². The molecule has 0 spiro atoms. The normalized spacial score (nSPS) is 26.1. The number of rotatable bonds is 17. The highest BCUT2D eigenvalue weighted by molar-refractivity contribution is 8.19. The van der Waals surface area contributed by atoms with Gasteiger partial charge < -0.3 is 49.1 Å². The van der Waals surface area contributed by atoms with Gasteiger partial charge in [0.2, 0.25) is 0 Å². The van der Waals surface area contributed by atoms with E-state index < -0.39 is 26.1 Å². The Balaban J connectivity index is 0.000000194. The summed E-state index contributed by atoms with van der Waals surface area (Å²) < 4.78 is 17.7. The highest BCUT2D eigenvalue weighted by Crippen LogP contribution is 2.62. The second-order valence-electron chi connectivity index (χ2n) is 17.6. The molecule has 0 aromatic heterocycles. The van der Waals surface area contributed by atoms with E-state index in [0.717, 1.165) is 38.9 Å². The molecule has 6 aliphatic heterocycles.